The Morgan fingerprint density at radius 3 is 2.76 bits per heavy atom. The van der Waals surface area contributed by atoms with Crippen molar-refractivity contribution in [3.63, 3.8) is 0 Å². The molecule has 5 heteroatoms. The molecule has 0 radical (unpaired) electrons. The van der Waals surface area contributed by atoms with E-state index in [4.69, 9.17) is 5.11 Å². The van der Waals surface area contributed by atoms with E-state index in [9.17, 15) is 4.79 Å². The van der Waals surface area contributed by atoms with Gasteiger partial charge in [0.1, 0.15) is 0 Å². The van der Waals surface area contributed by atoms with E-state index >= 15 is 0 Å². The van der Waals surface area contributed by atoms with Crippen LogP contribution in [0.1, 0.15) is 18.5 Å². The third-order valence-corrected chi connectivity index (χ3v) is 3.36. The summed E-state index contributed by atoms with van der Waals surface area (Å²) in [6, 6.07) is 3.89. The maximum atomic E-state index is 10.9. The highest BCUT2D eigenvalue weighted by Gasteiger charge is 2.48. The lowest BCUT2D eigenvalue weighted by molar-refractivity contribution is 0.135. The van der Waals surface area contributed by atoms with Gasteiger partial charge in [-0.2, -0.15) is 0 Å². The SMILES string of the molecule is Cc1ccc(NCC2(N(C)C(=O)O)CC2)cn1. The van der Waals surface area contributed by atoms with Gasteiger partial charge in [0, 0.05) is 19.3 Å². The van der Waals surface area contributed by atoms with Gasteiger partial charge in [-0.3, -0.25) is 4.98 Å². The van der Waals surface area contributed by atoms with Crippen molar-refractivity contribution in [2.24, 2.45) is 0 Å². The van der Waals surface area contributed by atoms with Gasteiger partial charge in [-0.25, -0.2) is 4.79 Å². The van der Waals surface area contributed by atoms with Gasteiger partial charge in [0.2, 0.25) is 0 Å². The van der Waals surface area contributed by atoms with Crippen molar-refractivity contribution in [2.45, 2.75) is 25.3 Å². The van der Waals surface area contributed by atoms with E-state index < -0.39 is 6.09 Å². The molecule has 0 spiro atoms. The molecule has 2 N–H and O–H groups in total. The summed E-state index contributed by atoms with van der Waals surface area (Å²) in [5.74, 6) is 0. The molecule has 1 aliphatic rings. The predicted molar refractivity (Wildman–Crippen MR) is 65.2 cm³/mol. The number of nitrogens with zero attached hydrogens (tertiary/aromatic N) is 2. The summed E-state index contributed by atoms with van der Waals surface area (Å²) in [6.07, 6.45) is 2.74. The highest BCUT2D eigenvalue weighted by molar-refractivity contribution is 5.66. The van der Waals surface area contributed by atoms with Gasteiger partial charge in [0.15, 0.2) is 0 Å². The number of anilines is 1. The Hall–Kier alpha value is -1.78. The van der Waals surface area contributed by atoms with Crippen LogP contribution in [0.4, 0.5) is 10.5 Å². The Kier molecular flexibility index (Phi) is 2.92. The van der Waals surface area contributed by atoms with Gasteiger partial charge >= 0.3 is 6.09 Å². The van der Waals surface area contributed by atoms with Gasteiger partial charge in [0.25, 0.3) is 0 Å². The van der Waals surface area contributed by atoms with E-state index in [1.165, 1.54) is 4.90 Å². The number of aryl methyl sites for hydroxylation is 1. The topological polar surface area (TPSA) is 65.5 Å². The third kappa shape index (κ3) is 2.49. The number of aromatic nitrogens is 1. The number of rotatable bonds is 4. The van der Waals surface area contributed by atoms with Crippen LogP contribution in [0, 0.1) is 6.92 Å². The maximum Gasteiger partial charge on any atom is 0.407 e. The van der Waals surface area contributed by atoms with Crippen molar-refractivity contribution >= 4 is 11.8 Å². The molecule has 1 aromatic heterocycles. The molecule has 0 aliphatic heterocycles. The van der Waals surface area contributed by atoms with Crippen molar-refractivity contribution in [3.05, 3.63) is 24.0 Å². The lowest BCUT2D eigenvalue weighted by Gasteiger charge is -2.26. The Labute approximate surface area is 100 Å². The minimum Gasteiger partial charge on any atom is -0.465 e. The molecule has 1 amide bonds. The van der Waals surface area contributed by atoms with E-state index in [0.29, 0.717) is 6.54 Å². The summed E-state index contributed by atoms with van der Waals surface area (Å²) in [6.45, 7) is 2.57. The average Bonchev–Trinajstić information content (AvgIpc) is 3.08. The van der Waals surface area contributed by atoms with Gasteiger partial charge in [-0.1, -0.05) is 0 Å². The fraction of sp³-hybridized carbons (Fsp3) is 0.500. The number of hydrogen-bond donors (Lipinski definition) is 2. The molecule has 92 valence electrons. The number of carbonyl (C=O) groups is 1. The molecule has 0 aromatic carbocycles. The summed E-state index contributed by atoms with van der Waals surface area (Å²) in [5, 5.41) is 12.2. The van der Waals surface area contributed by atoms with Crippen LogP contribution in [0.2, 0.25) is 0 Å². The molecule has 1 saturated carbocycles. The largest absolute Gasteiger partial charge is 0.465 e. The van der Waals surface area contributed by atoms with Crippen molar-refractivity contribution in [2.75, 3.05) is 18.9 Å². The zero-order valence-corrected chi connectivity index (χ0v) is 10.1. The molecule has 5 nitrogen and oxygen atoms in total. The van der Waals surface area contributed by atoms with Crippen LogP contribution in [0.3, 0.4) is 0 Å². The third-order valence-electron chi connectivity index (χ3n) is 3.36. The zero-order chi connectivity index (χ0) is 12.5. The van der Waals surface area contributed by atoms with Crippen LogP contribution in [0.25, 0.3) is 0 Å². The average molecular weight is 235 g/mol. The molecule has 2 rings (SSSR count). The smallest absolute Gasteiger partial charge is 0.407 e. The van der Waals surface area contributed by atoms with Crippen molar-refractivity contribution in [3.8, 4) is 0 Å². The second-order valence-electron chi connectivity index (χ2n) is 4.61. The molecular weight excluding hydrogens is 218 g/mol. The molecule has 1 aliphatic carbocycles. The van der Waals surface area contributed by atoms with Gasteiger partial charge < -0.3 is 15.3 Å². The first-order chi connectivity index (χ1) is 8.03. The van der Waals surface area contributed by atoms with E-state index in [1.54, 1.807) is 13.2 Å². The summed E-state index contributed by atoms with van der Waals surface area (Å²) >= 11 is 0. The highest BCUT2D eigenvalue weighted by Crippen LogP contribution is 2.40. The molecule has 0 atom stereocenters. The van der Waals surface area contributed by atoms with Gasteiger partial charge in [-0.05, 0) is 31.9 Å². The van der Waals surface area contributed by atoms with E-state index in [-0.39, 0.29) is 5.54 Å². The summed E-state index contributed by atoms with van der Waals surface area (Å²) in [7, 11) is 1.63. The summed E-state index contributed by atoms with van der Waals surface area (Å²) < 4.78 is 0. The Balaban J connectivity index is 1.94. The highest BCUT2D eigenvalue weighted by atomic mass is 16.4. The molecule has 0 bridgehead atoms. The van der Waals surface area contributed by atoms with Crippen LogP contribution in [0.5, 0.6) is 0 Å². The lowest BCUT2D eigenvalue weighted by atomic mass is 10.2. The van der Waals surface area contributed by atoms with Crippen LogP contribution in [0.15, 0.2) is 18.3 Å². The zero-order valence-electron chi connectivity index (χ0n) is 10.1. The van der Waals surface area contributed by atoms with Crippen LogP contribution in [-0.2, 0) is 0 Å². The number of carboxylic acid groups (broad SMARTS) is 1. The molecule has 1 aromatic rings. The minimum atomic E-state index is -0.869. The van der Waals surface area contributed by atoms with Crippen LogP contribution in [-0.4, -0.2) is 40.2 Å². The van der Waals surface area contributed by atoms with Crippen LogP contribution >= 0.6 is 0 Å². The van der Waals surface area contributed by atoms with Gasteiger partial charge in [0.05, 0.1) is 17.4 Å². The molecule has 1 fully saturated rings. The lowest BCUT2D eigenvalue weighted by Crippen LogP contribution is -2.42. The first-order valence-corrected chi connectivity index (χ1v) is 5.67. The second kappa shape index (κ2) is 4.24. The maximum absolute atomic E-state index is 10.9. The van der Waals surface area contributed by atoms with Crippen LogP contribution < -0.4 is 5.32 Å². The number of pyridine rings is 1. The second-order valence-corrected chi connectivity index (χ2v) is 4.61. The Morgan fingerprint density at radius 2 is 2.29 bits per heavy atom. The molecule has 0 unspecified atom stereocenters. The number of likely N-dealkylation sites (N-methyl/N-ethyl adjacent to an activating group) is 1. The van der Waals surface area contributed by atoms with E-state index in [1.807, 2.05) is 19.1 Å². The fourth-order valence-corrected chi connectivity index (χ4v) is 1.82. The van der Waals surface area contributed by atoms with E-state index in [0.717, 1.165) is 24.2 Å². The van der Waals surface area contributed by atoms with Crippen molar-refractivity contribution in [1.29, 1.82) is 0 Å². The molecule has 0 saturated heterocycles. The minimum absolute atomic E-state index is 0.225. The van der Waals surface area contributed by atoms with E-state index in [2.05, 4.69) is 10.3 Å². The standard InChI is InChI=1S/C12H17N3O2/c1-9-3-4-10(7-13-9)14-8-12(5-6-12)15(2)11(16)17/h3-4,7,14H,5-6,8H2,1-2H3,(H,16,17). The molecule has 17 heavy (non-hydrogen) atoms. The van der Waals surface area contributed by atoms with Crippen molar-refractivity contribution in [1.82, 2.24) is 9.88 Å². The number of nitrogens with one attached hydrogen (secondary N) is 1. The van der Waals surface area contributed by atoms with Crippen molar-refractivity contribution < 1.29 is 9.90 Å². The first-order valence-electron chi connectivity index (χ1n) is 5.67. The monoisotopic (exact) mass is 235 g/mol. The first kappa shape index (κ1) is 11.7. The predicted octanol–water partition coefficient (Wildman–Crippen LogP) is 1.94. The Morgan fingerprint density at radius 1 is 1.59 bits per heavy atom. The molecular formula is C12H17N3O2. The number of amides is 1. The molecule has 1 heterocycles. The van der Waals surface area contributed by atoms with Gasteiger partial charge in [-0.15, -0.1) is 0 Å². The summed E-state index contributed by atoms with van der Waals surface area (Å²) in [4.78, 5) is 16.5. The Bertz CT molecular complexity index is 412. The normalized spacial score (nSPS) is 16.4. The fourth-order valence-electron chi connectivity index (χ4n) is 1.82. The number of hydrogen-bond acceptors (Lipinski definition) is 3. The quantitative estimate of drug-likeness (QED) is 0.837. The summed E-state index contributed by atoms with van der Waals surface area (Å²) in [5.41, 5.74) is 1.68.